The van der Waals surface area contributed by atoms with Crippen molar-refractivity contribution in [2.24, 2.45) is 7.05 Å². The average Bonchev–Trinajstić information content (AvgIpc) is 3.35. The first kappa shape index (κ1) is 17.6. The number of carbonyl (C=O) groups is 1. The van der Waals surface area contributed by atoms with Gasteiger partial charge in [0.15, 0.2) is 0 Å². The lowest BCUT2D eigenvalue weighted by Gasteiger charge is -2.25. The highest BCUT2D eigenvalue weighted by Crippen LogP contribution is 2.33. The molecule has 1 amide bonds. The lowest BCUT2D eigenvalue weighted by molar-refractivity contribution is -0.137. The molecular formula is C19H19F3N4O. The van der Waals surface area contributed by atoms with Crippen molar-refractivity contribution in [2.45, 2.75) is 31.6 Å². The van der Waals surface area contributed by atoms with Crippen molar-refractivity contribution in [3.63, 3.8) is 0 Å². The SMILES string of the molecule is Cn1c(C(=O)N2CCCC2Cn2ccnc2)cc2cc(C(F)(F)F)ccc21. The van der Waals surface area contributed by atoms with Crippen LogP contribution in [0.2, 0.25) is 0 Å². The number of imidazole rings is 1. The number of fused-ring (bicyclic) bond motifs is 1. The first-order valence-corrected chi connectivity index (χ1v) is 8.78. The maximum Gasteiger partial charge on any atom is 0.416 e. The fourth-order valence-corrected chi connectivity index (χ4v) is 3.81. The van der Waals surface area contributed by atoms with Gasteiger partial charge in [-0.05, 0) is 37.1 Å². The van der Waals surface area contributed by atoms with Crippen molar-refractivity contribution in [2.75, 3.05) is 6.54 Å². The molecule has 2 aromatic heterocycles. The second kappa shape index (κ2) is 6.44. The van der Waals surface area contributed by atoms with E-state index in [1.807, 2.05) is 15.7 Å². The number of hydrogen-bond donors (Lipinski definition) is 0. The van der Waals surface area contributed by atoms with E-state index in [2.05, 4.69) is 4.98 Å². The molecule has 1 aromatic carbocycles. The zero-order valence-corrected chi connectivity index (χ0v) is 14.8. The molecule has 142 valence electrons. The van der Waals surface area contributed by atoms with Gasteiger partial charge in [-0.2, -0.15) is 13.2 Å². The summed E-state index contributed by atoms with van der Waals surface area (Å²) in [6.07, 6.45) is 2.68. The monoisotopic (exact) mass is 376 g/mol. The van der Waals surface area contributed by atoms with Gasteiger partial charge in [0.25, 0.3) is 5.91 Å². The second-order valence-electron chi connectivity index (χ2n) is 6.91. The number of alkyl halides is 3. The maximum atomic E-state index is 13.1. The van der Waals surface area contributed by atoms with Crippen LogP contribution >= 0.6 is 0 Å². The molecule has 3 aromatic rings. The number of aromatic nitrogens is 3. The van der Waals surface area contributed by atoms with Crippen LogP contribution in [0.3, 0.4) is 0 Å². The molecule has 1 aliphatic rings. The molecule has 27 heavy (non-hydrogen) atoms. The minimum Gasteiger partial charge on any atom is -0.340 e. The number of hydrogen-bond acceptors (Lipinski definition) is 2. The van der Waals surface area contributed by atoms with Crippen molar-refractivity contribution < 1.29 is 18.0 Å². The zero-order chi connectivity index (χ0) is 19.2. The molecule has 0 saturated carbocycles. The predicted octanol–water partition coefficient (Wildman–Crippen LogP) is 3.70. The topological polar surface area (TPSA) is 43.1 Å². The summed E-state index contributed by atoms with van der Waals surface area (Å²) in [4.78, 5) is 19.0. The van der Waals surface area contributed by atoms with Crippen LogP contribution in [0.5, 0.6) is 0 Å². The van der Waals surface area contributed by atoms with Gasteiger partial charge < -0.3 is 14.0 Å². The molecule has 0 spiro atoms. The van der Waals surface area contributed by atoms with Crippen LogP contribution in [-0.2, 0) is 19.8 Å². The third kappa shape index (κ3) is 3.20. The predicted molar refractivity (Wildman–Crippen MR) is 94.2 cm³/mol. The van der Waals surface area contributed by atoms with E-state index in [0.29, 0.717) is 29.7 Å². The van der Waals surface area contributed by atoms with Gasteiger partial charge in [-0.25, -0.2) is 4.98 Å². The molecule has 1 unspecified atom stereocenters. The van der Waals surface area contributed by atoms with Gasteiger partial charge in [0.2, 0.25) is 0 Å². The Kier molecular flexibility index (Phi) is 4.20. The summed E-state index contributed by atoms with van der Waals surface area (Å²) in [5.41, 5.74) is 0.303. The minimum absolute atomic E-state index is 0.0513. The van der Waals surface area contributed by atoms with Crippen molar-refractivity contribution in [3.8, 4) is 0 Å². The smallest absolute Gasteiger partial charge is 0.340 e. The van der Waals surface area contributed by atoms with Crippen LogP contribution in [0.4, 0.5) is 13.2 Å². The molecule has 1 atom stereocenters. The van der Waals surface area contributed by atoms with Crippen molar-refractivity contribution in [1.29, 1.82) is 0 Å². The fraction of sp³-hybridized carbons (Fsp3) is 0.368. The van der Waals surface area contributed by atoms with Crippen LogP contribution in [0.1, 0.15) is 28.9 Å². The molecule has 1 fully saturated rings. The van der Waals surface area contributed by atoms with Crippen molar-refractivity contribution in [1.82, 2.24) is 19.0 Å². The van der Waals surface area contributed by atoms with E-state index >= 15 is 0 Å². The quantitative estimate of drug-likeness (QED) is 0.700. The number of benzene rings is 1. The Morgan fingerprint density at radius 2 is 2.11 bits per heavy atom. The summed E-state index contributed by atoms with van der Waals surface area (Å²) in [7, 11) is 1.71. The van der Waals surface area contributed by atoms with Crippen LogP contribution in [0.15, 0.2) is 43.0 Å². The molecule has 0 aliphatic carbocycles. The minimum atomic E-state index is -4.40. The van der Waals surface area contributed by atoms with E-state index < -0.39 is 11.7 Å². The fourth-order valence-electron chi connectivity index (χ4n) is 3.81. The van der Waals surface area contributed by atoms with Gasteiger partial charge in [-0.15, -0.1) is 0 Å². The standard InChI is InChI=1S/C19H19F3N4O/c1-24-16-5-4-14(19(20,21)22)9-13(16)10-17(24)18(27)26-7-2-3-15(26)11-25-8-6-23-12-25/h4-6,8-10,12,15H,2-3,7,11H2,1H3. The normalized spacial score (nSPS) is 17.8. The summed E-state index contributed by atoms with van der Waals surface area (Å²) in [5.74, 6) is -0.148. The summed E-state index contributed by atoms with van der Waals surface area (Å²) in [5, 5.41) is 0.418. The molecular weight excluding hydrogens is 357 g/mol. The van der Waals surface area contributed by atoms with E-state index in [4.69, 9.17) is 0 Å². The Morgan fingerprint density at radius 1 is 1.30 bits per heavy atom. The lowest BCUT2D eigenvalue weighted by Crippen LogP contribution is -2.38. The van der Waals surface area contributed by atoms with Crippen LogP contribution in [-0.4, -0.2) is 37.5 Å². The van der Waals surface area contributed by atoms with Crippen LogP contribution in [0.25, 0.3) is 10.9 Å². The molecule has 0 bridgehead atoms. The number of likely N-dealkylation sites (tertiary alicyclic amines) is 1. The summed E-state index contributed by atoms with van der Waals surface area (Å²) >= 11 is 0. The van der Waals surface area contributed by atoms with Gasteiger partial charge in [0, 0.05) is 43.4 Å². The molecule has 3 heterocycles. The Bertz CT molecular complexity index is 975. The Morgan fingerprint density at radius 3 is 2.81 bits per heavy atom. The Balaban J connectivity index is 1.64. The van der Waals surface area contributed by atoms with Gasteiger partial charge >= 0.3 is 6.18 Å². The molecule has 0 radical (unpaired) electrons. The highest BCUT2D eigenvalue weighted by molar-refractivity contribution is 5.99. The second-order valence-corrected chi connectivity index (χ2v) is 6.91. The third-order valence-electron chi connectivity index (χ3n) is 5.21. The van der Waals surface area contributed by atoms with E-state index in [9.17, 15) is 18.0 Å². The highest BCUT2D eigenvalue weighted by atomic mass is 19.4. The summed E-state index contributed by atoms with van der Waals surface area (Å²) in [6.45, 7) is 1.31. The summed E-state index contributed by atoms with van der Waals surface area (Å²) in [6, 6.07) is 5.17. The Labute approximate surface area is 154 Å². The third-order valence-corrected chi connectivity index (χ3v) is 5.21. The van der Waals surface area contributed by atoms with E-state index in [-0.39, 0.29) is 11.9 Å². The Hall–Kier alpha value is -2.77. The lowest BCUT2D eigenvalue weighted by atomic mass is 10.1. The van der Waals surface area contributed by atoms with Crippen LogP contribution in [0, 0.1) is 0 Å². The number of aryl methyl sites for hydroxylation is 1. The maximum absolute atomic E-state index is 13.1. The highest BCUT2D eigenvalue weighted by Gasteiger charge is 2.33. The van der Waals surface area contributed by atoms with E-state index in [1.165, 1.54) is 6.07 Å². The first-order chi connectivity index (χ1) is 12.8. The first-order valence-electron chi connectivity index (χ1n) is 8.78. The summed E-state index contributed by atoms with van der Waals surface area (Å²) < 4.78 is 42.5. The number of nitrogens with zero attached hydrogens (tertiary/aromatic N) is 4. The molecule has 8 heteroatoms. The van der Waals surface area contributed by atoms with Gasteiger partial charge in [-0.1, -0.05) is 0 Å². The number of carbonyl (C=O) groups excluding carboxylic acids is 1. The number of amides is 1. The van der Waals surface area contributed by atoms with Gasteiger partial charge in [-0.3, -0.25) is 4.79 Å². The molecule has 5 nitrogen and oxygen atoms in total. The van der Waals surface area contributed by atoms with E-state index in [0.717, 1.165) is 25.0 Å². The number of rotatable bonds is 3. The average molecular weight is 376 g/mol. The number of halogens is 3. The molecule has 0 N–H and O–H groups in total. The molecule has 4 rings (SSSR count). The largest absolute Gasteiger partial charge is 0.416 e. The van der Waals surface area contributed by atoms with Gasteiger partial charge in [0.05, 0.1) is 17.9 Å². The molecule has 1 aliphatic heterocycles. The van der Waals surface area contributed by atoms with Gasteiger partial charge in [0.1, 0.15) is 5.69 Å². The zero-order valence-electron chi connectivity index (χ0n) is 14.8. The van der Waals surface area contributed by atoms with Crippen LogP contribution < -0.4 is 0 Å². The van der Waals surface area contributed by atoms with Crippen molar-refractivity contribution in [3.05, 3.63) is 54.2 Å². The van der Waals surface area contributed by atoms with E-state index in [1.54, 1.807) is 30.2 Å². The molecule has 1 saturated heterocycles. The van der Waals surface area contributed by atoms with Crippen molar-refractivity contribution >= 4 is 16.8 Å².